The second-order valence-electron chi connectivity index (χ2n) is 14.6. The smallest absolute Gasteiger partial charge is 0.141 e. The molecule has 0 fully saturated rings. The Balaban J connectivity index is 1.17. The van der Waals surface area contributed by atoms with Gasteiger partial charge in [-0.05, 0) is 96.3 Å². The molecule has 250 valence electrons. The number of fused-ring (bicyclic) bond motifs is 8. The van der Waals surface area contributed by atoms with E-state index >= 15 is 0 Å². The first-order chi connectivity index (χ1) is 25.8. The molecule has 0 bridgehead atoms. The quantitative estimate of drug-likeness (QED) is 0.199. The first-order valence-corrected chi connectivity index (χ1v) is 18.7. The number of aromatic nitrogens is 2. The molecule has 0 spiro atoms. The summed E-state index contributed by atoms with van der Waals surface area (Å²) in [4.78, 5) is 5.60. The van der Waals surface area contributed by atoms with Gasteiger partial charge in [-0.2, -0.15) is 0 Å². The van der Waals surface area contributed by atoms with E-state index in [-0.39, 0.29) is 6.04 Å². The third kappa shape index (κ3) is 4.50. The molecule has 0 radical (unpaired) electrons. The molecule has 1 N–H and O–H groups in total. The number of hydrogen-bond donors (Lipinski definition) is 1. The van der Waals surface area contributed by atoms with Crippen molar-refractivity contribution in [2.24, 2.45) is 16.8 Å². The maximum absolute atomic E-state index is 5.60. The molecule has 2 aromatic heterocycles. The number of allylic oxidation sites excluding steroid dienone is 9. The van der Waals surface area contributed by atoms with E-state index in [1.807, 2.05) is 0 Å². The molecule has 5 aromatic carbocycles. The molecule has 52 heavy (non-hydrogen) atoms. The maximum Gasteiger partial charge on any atom is 0.141 e. The molecule has 1 aliphatic heterocycles. The lowest BCUT2D eigenvalue weighted by Gasteiger charge is -2.33. The Labute approximate surface area is 302 Å². The fraction of sp³-hybridized carbons (Fsp3) is 0.146. The van der Waals surface area contributed by atoms with Crippen LogP contribution < -0.4 is 5.32 Å². The summed E-state index contributed by atoms with van der Waals surface area (Å²) in [7, 11) is 0. The lowest BCUT2D eigenvalue weighted by molar-refractivity contribution is 0.474. The van der Waals surface area contributed by atoms with Crippen molar-refractivity contribution in [1.82, 2.24) is 14.5 Å². The zero-order chi connectivity index (χ0) is 34.2. The van der Waals surface area contributed by atoms with Crippen molar-refractivity contribution in [2.75, 3.05) is 0 Å². The summed E-state index contributed by atoms with van der Waals surface area (Å²) < 4.78 is 4.91. The van der Waals surface area contributed by atoms with Crippen molar-refractivity contribution in [1.29, 1.82) is 0 Å². The molecule has 0 saturated carbocycles. The minimum atomic E-state index is -0.0841. The standard InChI is InChI=1S/C48H38N4/c1-3-13-31(14-4-1)32-23-25-34(26-24-32)47-48(50-41-21-11-10-20-40(41)49-47)52-42-22-12-9-19-37(42)38-29-39-45(30-44(38)52)51(35-16-5-2-6-17-35)43-28-27-33-15-7-8-18-36(33)46(39)43/h1-10,12-13,15-20,22-23,25-32,47,49H,11,14,21,24H2. The van der Waals surface area contributed by atoms with Crippen LogP contribution in [0.3, 0.4) is 0 Å². The van der Waals surface area contributed by atoms with Crippen LogP contribution >= 0.6 is 0 Å². The summed E-state index contributed by atoms with van der Waals surface area (Å²) in [6.45, 7) is 0. The highest BCUT2D eigenvalue weighted by Crippen LogP contribution is 2.42. The lowest BCUT2D eigenvalue weighted by atomic mass is 9.80. The molecule has 4 aliphatic rings. The number of para-hydroxylation sites is 2. The Bertz CT molecular complexity index is 2830. The summed E-state index contributed by atoms with van der Waals surface area (Å²) in [6, 6.07) is 37.9. The molecule has 3 heterocycles. The average molecular weight is 671 g/mol. The van der Waals surface area contributed by atoms with Crippen LogP contribution in [0.5, 0.6) is 0 Å². The van der Waals surface area contributed by atoms with Crippen LogP contribution in [0.4, 0.5) is 0 Å². The van der Waals surface area contributed by atoms with Gasteiger partial charge in [-0.25, -0.2) is 4.99 Å². The average Bonchev–Trinajstić information content (AvgIpc) is 3.72. The predicted molar refractivity (Wildman–Crippen MR) is 218 cm³/mol. The van der Waals surface area contributed by atoms with Crippen molar-refractivity contribution >= 4 is 60.2 Å². The zero-order valence-corrected chi connectivity index (χ0v) is 28.9. The number of hydrogen-bond acceptors (Lipinski definition) is 2. The number of nitrogens with one attached hydrogen (secondary N) is 1. The number of aliphatic imine (C=N–C) groups is 1. The fourth-order valence-electron chi connectivity index (χ4n) is 9.19. The molecule has 0 amide bonds. The molecular weight excluding hydrogens is 633 g/mol. The third-order valence-corrected chi connectivity index (χ3v) is 11.7. The van der Waals surface area contributed by atoms with E-state index in [0.29, 0.717) is 11.8 Å². The normalized spacial score (nSPS) is 21.3. The van der Waals surface area contributed by atoms with Gasteiger partial charge >= 0.3 is 0 Å². The summed E-state index contributed by atoms with van der Waals surface area (Å²) in [6.07, 6.45) is 24.9. The van der Waals surface area contributed by atoms with E-state index in [0.717, 1.165) is 48.6 Å². The minimum Gasteiger partial charge on any atom is -0.370 e. The second kappa shape index (κ2) is 11.7. The molecular formula is C48H38N4. The molecule has 4 nitrogen and oxygen atoms in total. The Kier molecular flexibility index (Phi) is 6.66. The maximum atomic E-state index is 5.60. The van der Waals surface area contributed by atoms with E-state index < -0.39 is 0 Å². The highest BCUT2D eigenvalue weighted by Gasteiger charge is 2.32. The fourth-order valence-corrected chi connectivity index (χ4v) is 9.19. The van der Waals surface area contributed by atoms with E-state index in [1.165, 1.54) is 60.0 Å². The van der Waals surface area contributed by atoms with Gasteiger partial charge in [-0.3, -0.25) is 4.57 Å². The van der Waals surface area contributed by atoms with Gasteiger partial charge in [0.1, 0.15) is 11.9 Å². The molecule has 3 aliphatic carbocycles. The third-order valence-electron chi connectivity index (χ3n) is 11.7. The zero-order valence-electron chi connectivity index (χ0n) is 28.9. The van der Waals surface area contributed by atoms with Crippen LogP contribution in [0.15, 0.2) is 180 Å². The van der Waals surface area contributed by atoms with Crippen molar-refractivity contribution < 1.29 is 0 Å². The summed E-state index contributed by atoms with van der Waals surface area (Å²) in [5.74, 6) is 2.10. The minimum absolute atomic E-state index is 0.0841. The molecule has 0 saturated heterocycles. The highest BCUT2D eigenvalue weighted by atomic mass is 15.2. The van der Waals surface area contributed by atoms with E-state index in [2.05, 4.69) is 172 Å². The molecule has 4 heteroatoms. The topological polar surface area (TPSA) is 34.2 Å². The van der Waals surface area contributed by atoms with Crippen LogP contribution in [-0.4, -0.2) is 21.0 Å². The Morgan fingerprint density at radius 2 is 1.44 bits per heavy atom. The van der Waals surface area contributed by atoms with Crippen LogP contribution in [-0.2, 0) is 0 Å². The Hall–Kier alpha value is -6.13. The van der Waals surface area contributed by atoms with Gasteiger partial charge in [0.2, 0.25) is 0 Å². The van der Waals surface area contributed by atoms with Crippen molar-refractivity contribution in [3.05, 3.63) is 175 Å². The van der Waals surface area contributed by atoms with Crippen molar-refractivity contribution in [2.45, 2.75) is 31.7 Å². The summed E-state index contributed by atoms with van der Waals surface area (Å²) in [5, 5.41) is 11.6. The van der Waals surface area contributed by atoms with E-state index in [1.54, 1.807) is 0 Å². The predicted octanol–water partition coefficient (Wildman–Crippen LogP) is 11.5. The first-order valence-electron chi connectivity index (χ1n) is 18.7. The number of nitrogens with zero attached hydrogens (tertiary/aromatic N) is 3. The monoisotopic (exact) mass is 670 g/mol. The van der Waals surface area contributed by atoms with Gasteiger partial charge in [0, 0.05) is 27.2 Å². The highest BCUT2D eigenvalue weighted by molar-refractivity contribution is 6.26. The Morgan fingerprint density at radius 3 is 2.31 bits per heavy atom. The SMILES string of the molecule is C1=CCC(C2C=CC(C3NC4=C(CCC=C4)N=C3n3c4ccccc4c4cc5c6c7ccccc7ccc6n(-c6ccccc6)c5cc43)=CC2)C=C1. The van der Waals surface area contributed by atoms with Crippen LogP contribution in [0.1, 0.15) is 25.7 Å². The van der Waals surface area contributed by atoms with Gasteiger partial charge in [-0.1, -0.05) is 115 Å². The van der Waals surface area contributed by atoms with Gasteiger partial charge < -0.3 is 9.88 Å². The largest absolute Gasteiger partial charge is 0.370 e. The van der Waals surface area contributed by atoms with Crippen LogP contribution in [0, 0.1) is 11.8 Å². The number of rotatable bonds is 3. The second-order valence-corrected chi connectivity index (χ2v) is 14.6. The lowest BCUT2D eigenvalue weighted by Crippen LogP contribution is -2.44. The summed E-state index contributed by atoms with van der Waals surface area (Å²) >= 11 is 0. The molecule has 11 rings (SSSR count). The van der Waals surface area contributed by atoms with Gasteiger partial charge in [0.15, 0.2) is 0 Å². The van der Waals surface area contributed by atoms with Gasteiger partial charge in [0.05, 0.1) is 33.5 Å². The van der Waals surface area contributed by atoms with E-state index in [9.17, 15) is 0 Å². The molecule has 3 atom stereocenters. The first kappa shape index (κ1) is 29.6. The summed E-state index contributed by atoms with van der Waals surface area (Å²) in [5.41, 5.74) is 9.52. The molecule has 3 unspecified atom stereocenters. The van der Waals surface area contributed by atoms with Crippen LogP contribution in [0.25, 0.3) is 60.1 Å². The number of benzene rings is 5. The van der Waals surface area contributed by atoms with Gasteiger partial charge in [0.25, 0.3) is 0 Å². The van der Waals surface area contributed by atoms with Crippen LogP contribution in [0.2, 0.25) is 0 Å². The Morgan fingerprint density at radius 1 is 0.615 bits per heavy atom. The molecule has 7 aromatic rings. The van der Waals surface area contributed by atoms with Gasteiger partial charge in [-0.15, -0.1) is 0 Å². The van der Waals surface area contributed by atoms with Crippen molar-refractivity contribution in [3.63, 3.8) is 0 Å². The van der Waals surface area contributed by atoms with Crippen molar-refractivity contribution in [3.8, 4) is 5.69 Å². The van der Waals surface area contributed by atoms with E-state index in [4.69, 9.17) is 4.99 Å².